The zero-order valence-electron chi connectivity index (χ0n) is 11.1. The summed E-state index contributed by atoms with van der Waals surface area (Å²) in [5, 5.41) is 3.39. The van der Waals surface area contributed by atoms with Gasteiger partial charge in [-0.1, -0.05) is 24.9 Å². The van der Waals surface area contributed by atoms with Crippen LogP contribution in [-0.4, -0.2) is 28.9 Å². The number of nitrogens with zero attached hydrogens (tertiary/aromatic N) is 1. The van der Waals surface area contributed by atoms with Gasteiger partial charge in [-0.15, -0.1) is 0 Å². The van der Waals surface area contributed by atoms with Crippen molar-refractivity contribution < 1.29 is 4.79 Å². The van der Waals surface area contributed by atoms with Crippen LogP contribution in [0.15, 0.2) is 12.1 Å². The minimum Gasteiger partial charge on any atom is -0.352 e. The molecule has 5 heteroatoms. The highest BCUT2D eigenvalue weighted by Crippen LogP contribution is 2.22. The lowest BCUT2D eigenvalue weighted by atomic mass is 10.1. The monoisotopic (exact) mass is 298 g/mol. The summed E-state index contributed by atoms with van der Waals surface area (Å²) < 4.78 is 0. The predicted octanol–water partition coefficient (Wildman–Crippen LogP) is 3.17. The maximum atomic E-state index is 12.1. The first-order chi connectivity index (χ1) is 9.19. The minimum absolute atomic E-state index is 0.0430. The zero-order valence-corrected chi connectivity index (χ0v) is 12.7. The Bertz CT molecular complexity index is 447. The Kier molecular flexibility index (Phi) is 5.52. The molecule has 1 amide bonds. The summed E-state index contributed by atoms with van der Waals surface area (Å²) in [6.45, 7) is 2.84. The molecule has 19 heavy (non-hydrogen) atoms. The van der Waals surface area contributed by atoms with Gasteiger partial charge in [0, 0.05) is 17.8 Å². The zero-order chi connectivity index (χ0) is 13.7. The molecule has 0 spiro atoms. The molecular formula is C14H19ClN2OS. The molecular weight excluding hydrogens is 280 g/mol. The number of hydrogen-bond donors (Lipinski definition) is 1. The number of aromatic nitrogens is 1. The third-order valence-corrected chi connectivity index (χ3v) is 4.62. The molecule has 3 nitrogen and oxygen atoms in total. The molecule has 1 atom stereocenters. The van der Waals surface area contributed by atoms with E-state index in [-0.39, 0.29) is 5.91 Å². The number of halogens is 1. The van der Waals surface area contributed by atoms with Crippen LogP contribution in [0.25, 0.3) is 0 Å². The number of aryl methyl sites for hydroxylation is 1. The van der Waals surface area contributed by atoms with Crippen molar-refractivity contribution in [2.75, 3.05) is 18.1 Å². The van der Waals surface area contributed by atoms with Crippen molar-refractivity contribution in [3.8, 4) is 0 Å². The van der Waals surface area contributed by atoms with Crippen molar-refractivity contribution in [2.24, 2.45) is 5.92 Å². The summed E-state index contributed by atoms with van der Waals surface area (Å²) in [4.78, 5) is 16.3. The molecule has 1 aromatic heterocycles. The largest absolute Gasteiger partial charge is 0.352 e. The molecule has 104 valence electrons. The molecule has 2 heterocycles. The van der Waals surface area contributed by atoms with Gasteiger partial charge in [-0.2, -0.15) is 11.8 Å². The second kappa shape index (κ2) is 7.15. The number of carbonyl (C=O) groups is 1. The Morgan fingerprint density at radius 2 is 2.42 bits per heavy atom. The normalized spacial score (nSPS) is 18.5. The van der Waals surface area contributed by atoms with Gasteiger partial charge in [-0.05, 0) is 42.4 Å². The Labute approximate surface area is 123 Å². The summed E-state index contributed by atoms with van der Waals surface area (Å²) in [6, 6.07) is 3.48. The van der Waals surface area contributed by atoms with Crippen LogP contribution >= 0.6 is 23.4 Å². The van der Waals surface area contributed by atoms with Crippen LogP contribution in [0.4, 0.5) is 0 Å². The molecule has 1 saturated heterocycles. The fraction of sp³-hybridized carbons (Fsp3) is 0.571. The number of amides is 1. The van der Waals surface area contributed by atoms with Gasteiger partial charge >= 0.3 is 0 Å². The SMILES string of the molecule is CCCc1cc(C(=O)NCC2CCSC2)cc(Cl)n1. The van der Waals surface area contributed by atoms with Gasteiger partial charge in [-0.25, -0.2) is 4.98 Å². The first-order valence-electron chi connectivity index (χ1n) is 6.71. The van der Waals surface area contributed by atoms with Crippen LogP contribution in [0.3, 0.4) is 0 Å². The van der Waals surface area contributed by atoms with E-state index in [2.05, 4.69) is 17.2 Å². The van der Waals surface area contributed by atoms with E-state index >= 15 is 0 Å². The maximum Gasteiger partial charge on any atom is 0.251 e. The van der Waals surface area contributed by atoms with Gasteiger partial charge in [0.05, 0.1) is 0 Å². The van der Waals surface area contributed by atoms with Gasteiger partial charge in [0.15, 0.2) is 0 Å². The average molecular weight is 299 g/mol. The molecule has 1 unspecified atom stereocenters. The molecule has 2 rings (SSSR count). The Morgan fingerprint density at radius 1 is 1.58 bits per heavy atom. The number of nitrogens with one attached hydrogen (secondary N) is 1. The van der Waals surface area contributed by atoms with E-state index in [0.29, 0.717) is 16.6 Å². The fourth-order valence-corrected chi connectivity index (χ4v) is 3.66. The highest BCUT2D eigenvalue weighted by atomic mass is 35.5. The first-order valence-corrected chi connectivity index (χ1v) is 8.24. The second-order valence-electron chi connectivity index (χ2n) is 4.86. The van der Waals surface area contributed by atoms with Crippen LogP contribution in [0.1, 0.15) is 35.8 Å². The summed E-state index contributed by atoms with van der Waals surface area (Å²) >= 11 is 7.92. The minimum atomic E-state index is -0.0430. The van der Waals surface area contributed by atoms with Crippen molar-refractivity contribution in [2.45, 2.75) is 26.2 Å². The van der Waals surface area contributed by atoms with Gasteiger partial charge in [0.1, 0.15) is 5.15 Å². The van der Waals surface area contributed by atoms with E-state index in [1.165, 1.54) is 12.2 Å². The van der Waals surface area contributed by atoms with Gasteiger partial charge < -0.3 is 5.32 Å². The van der Waals surface area contributed by atoms with E-state index in [1.807, 2.05) is 17.8 Å². The van der Waals surface area contributed by atoms with E-state index in [4.69, 9.17) is 11.6 Å². The number of hydrogen-bond acceptors (Lipinski definition) is 3. The molecule has 0 aliphatic carbocycles. The molecule has 0 radical (unpaired) electrons. The molecule has 1 N–H and O–H groups in total. The van der Waals surface area contributed by atoms with Crippen molar-refractivity contribution in [1.82, 2.24) is 10.3 Å². The van der Waals surface area contributed by atoms with Crippen LogP contribution in [0.2, 0.25) is 5.15 Å². The maximum absolute atomic E-state index is 12.1. The number of carbonyl (C=O) groups excluding carboxylic acids is 1. The molecule has 0 aromatic carbocycles. The molecule has 0 bridgehead atoms. The summed E-state index contributed by atoms with van der Waals surface area (Å²) in [5.74, 6) is 2.93. The topological polar surface area (TPSA) is 42.0 Å². The lowest BCUT2D eigenvalue weighted by Crippen LogP contribution is -2.29. The third-order valence-electron chi connectivity index (χ3n) is 3.19. The molecule has 1 aliphatic heterocycles. The van der Waals surface area contributed by atoms with E-state index in [0.717, 1.165) is 30.8 Å². The van der Waals surface area contributed by atoms with Crippen molar-refractivity contribution in [3.63, 3.8) is 0 Å². The van der Waals surface area contributed by atoms with Gasteiger partial charge in [0.2, 0.25) is 0 Å². The fourth-order valence-electron chi connectivity index (χ4n) is 2.15. The van der Waals surface area contributed by atoms with Crippen LogP contribution in [-0.2, 0) is 6.42 Å². The van der Waals surface area contributed by atoms with Crippen LogP contribution < -0.4 is 5.32 Å². The Balaban J connectivity index is 1.97. The number of rotatable bonds is 5. The van der Waals surface area contributed by atoms with E-state index < -0.39 is 0 Å². The quantitative estimate of drug-likeness (QED) is 0.849. The van der Waals surface area contributed by atoms with Crippen molar-refractivity contribution in [1.29, 1.82) is 0 Å². The first kappa shape index (κ1) is 14.7. The Morgan fingerprint density at radius 3 is 3.11 bits per heavy atom. The second-order valence-corrected chi connectivity index (χ2v) is 6.40. The third kappa shape index (κ3) is 4.39. The molecule has 1 fully saturated rings. The number of thioether (sulfide) groups is 1. The summed E-state index contributed by atoms with van der Waals surface area (Å²) in [7, 11) is 0. The summed E-state index contributed by atoms with van der Waals surface area (Å²) in [6.07, 6.45) is 3.04. The predicted molar refractivity (Wildman–Crippen MR) is 81.0 cm³/mol. The van der Waals surface area contributed by atoms with Gasteiger partial charge in [0.25, 0.3) is 5.91 Å². The van der Waals surface area contributed by atoms with E-state index in [9.17, 15) is 4.79 Å². The molecule has 1 aliphatic rings. The molecule has 0 saturated carbocycles. The smallest absolute Gasteiger partial charge is 0.251 e. The Hall–Kier alpha value is -0.740. The van der Waals surface area contributed by atoms with Crippen LogP contribution in [0.5, 0.6) is 0 Å². The van der Waals surface area contributed by atoms with E-state index in [1.54, 1.807) is 6.07 Å². The lowest BCUT2D eigenvalue weighted by molar-refractivity contribution is 0.0948. The average Bonchev–Trinajstić information content (AvgIpc) is 2.88. The highest BCUT2D eigenvalue weighted by molar-refractivity contribution is 7.99. The summed E-state index contributed by atoms with van der Waals surface area (Å²) in [5.41, 5.74) is 1.51. The molecule has 1 aromatic rings. The van der Waals surface area contributed by atoms with Gasteiger partial charge in [-0.3, -0.25) is 4.79 Å². The standard InChI is InChI=1S/C14H19ClN2OS/c1-2-3-12-6-11(7-13(15)17-12)14(18)16-8-10-4-5-19-9-10/h6-7,10H,2-5,8-9H2,1H3,(H,16,18). The van der Waals surface area contributed by atoms with Crippen molar-refractivity contribution in [3.05, 3.63) is 28.5 Å². The van der Waals surface area contributed by atoms with Crippen LogP contribution in [0, 0.1) is 5.92 Å². The highest BCUT2D eigenvalue weighted by Gasteiger charge is 2.17. The lowest BCUT2D eigenvalue weighted by Gasteiger charge is -2.11. The van der Waals surface area contributed by atoms with Crippen molar-refractivity contribution >= 4 is 29.3 Å². The number of pyridine rings is 1.